The van der Waals surface area contributed by atoms with Crippen LogP contribution in [0.3, 0.4) is 0 Å². The van der Waals surface area contributed by atoms with Crippen LogP contribution in [0.1, 0.15) is 11.1 Å². The molecule has 0 atom stereocenters. The number of hydrogen-bond acceptors (Lipinski definition) is 2. The predicted molar refractivity (Wildman–Crippen MR) is 272 cm³/mol. The first kappa shape index (κ1) is 39.1. The van der Waals surface area contributed by atoms with Crippen molar-refractivity contribution in [2.24, 2.45) is 9.98 Å². The summed E-state index contributed by atoms with van der Waals surface area (Å²) in [4.78, 5) is 10.9. The predicted octanol–water partition coefficient (Wildman–Crippen LogP) is 12.7. The van der Waals surface area contributed by atoms with Crippen molar-refractivity contribution in [2.45, 2.75) is 0 Å². The van der Waals surface area contributed by atoms with E-state index in [1.807, 2.05) is 0 Å². The van der Waals surface area contributed by atoms with Crippen LogP contribution in [0.2, 0.25) is 0 Å². The van der Waals surface area contributed by atoms with Crippen molar-refractivity contribution in [1.29, 1.82) is 0 Å². The summed E-state index contributed by atoms with van der Waals surface area (Å²) in [5, 5.41) is 12.3. The summed E-state index contributed by atoms with van der Waals surface area (Å²) in [6.07, 6.45) is 4.15. The van der Waals surface area contributed by atoms with Crippen LogP contribution in [0.5, 0.6) is 0 Å². The fourth-order valence-electron chi connectivity index (χ4n) is 8.30. The highest BCUT2D eigenvalue weighted by molar-refractivity contribution is 7.80. The van der Waals surface area contributed by atoms with Crippen molar-refractivity contribution in [3.05, 3.63) is 254 Å². The van der Waals surface area contributed by atoms with Gasteiger partial charge < -0.3 is 0 Å². The Morgan fingerprint density at radius 1 is 0.274 bits per heavy atom. The van der Waals surface area contributed by atoms with Crippen LogP contribution in [0.25, 0.3) is 32.7 Å². The lowest BCUT2D eigenvalue weighted by Crippen LogP contribution is -2.23. The molecular weight excluding hydrogens is 787 g/mol. The highest BCUT2D eigenvalue weighted by Crippen LogP contribution is 2.46. The summed E-state index contributed by atoms with van der Waals surface area (Å²) >= 11 is 0. The topological polar surface area (TPSA) is 24.7 Å². The van der Waals surface area contributed by atoms with Crippen LogP contribution in [-0.2, 0) is 0 Å². The molecule has 0 heterocycles. The average Bonchev–Trinajstić information content (AvgIpc) is 3.34. The Morgan fingerprint density at radius 3 is 0.952 bits per heavy atom. The average molecular weight is 829 g/mol. The van der Waals surface area contributed by atoms with Crippen molar-refractivity contribution in [3.8, 4) is 11.1 Å². The molecule has 2 nitrogen and oxygen atoms in total. The maximum absolute atomic E-state index is 5.44. The van der Waals surface area contributed by atoms with Gasteiger partial charge >= 0.3 is 0 Å². The molecule has 0 aromatic heterocycles. The molecule has 0 aliphatic heterocycles. The van der Waals surface area contributed by atoms with Crippen LogP contribution in [0, 0.1) is 0 Å². The number of rotatable bonds is 11. The third-order valence-electron chi connectivity index (χ3n) is 11.2. The summed E-state index contributed by atoms with van der Waals surface area (Å²) in [6, 6.07) is 87.0. The molecule has 10 rings (SSSR count). The Kier molecular flexibility index (Phi) is 11.5. The van der Waals surface area contributed by atoms with E-state index in [1.165, 1.54) is 31.8 Å². The van der Waals surface area contributed by atoms with E-state index in [1.54, 1.807) is 0 Å². The second kappa shape index (κ2) is 18.3. The van der Waals surface area contributed by atoms with E-state index in [0.29, 0.717) is 0 Å². The zero-order valence-corrected chi connectivity index (χ0v) is 35.8. The van der Waals surface area contributed by atoms with Gasteiger partial charge in [0.15, 0.2) is 0 Å². The van der Waals surface area contributed by atoms with Crippen molar-refractivity contribution in [2.75, 3.05) is 0 Å². The second-order valence-electron chi connectivity index (χ2n) is 15.0. The standard InChI is InChI=1S/C58H42N2P2/c1-5-25-47(26-6-1)61(48-27-7-2-8-28-48)55-35-19-15-23-45(55)41-59-53-39-37-43-21-13-17-33-51(43)57(53)58-52-34-18-14-22-44(52)38-40-54(58)60-42-46-24-16-20-36-56(46)62(49-29-9-3-10-30-49)50-31-11-4-12-32-50/h1-42H. The number of fused-ring (bicyclic) bond motifs is 2. The Hall–Kier alpha value is -7.08. The molecule has 0 N–H and O–H groups in total. The maximum atomic E-state index is 5.44. The van der Waals surface area contributed by atoms with Gasteiger partial charge in [-0.15, -0.1) is 0 Å². The van der Waals surface area contributed by atoms with Crippen LogP contribution in [-0.4, -0.2) is 12.4 Å². The summed E-state index contributed by atoms with van der Waals surface area (Å²) in [5.74, 6) is 0. The van der Waals surface area contributed by atoms with Crippen molar-refractivity contribution in [3.63, 3.8) is 0 Å². The van der Waals surface area contributed by atoms with Crippen LogP contribution < -0.4 is 31.8 Å². The van der Waals surface area contributed by atoms with E-state index in [4.69, 9.17) is 9.98 Å². The van der Waals surface area contributed by atoms with Crippen molar-refractivity contribution >= 4 is 93.0 Å². The lowest BCUT2D eigenvalue weighted by molar-refractivity contribution is 1.51. The molecule has 10 aromatic rings. The third kappa shape index (κ3) is 8.07. The molecule has 0 spiro atoms. The lowest BCUT2D eigenvalue weighted by atomic mass is 9.91. The Bertz CT molecular complexity index is 2890. The molecule has 10 aromatic carbocycles. The molecule has 0 aliphatic carbocycles. The molecule has 0 radical (unpaired) electrons. The zero-order chi connectivity index (χ0) is 41.5. The fourth-order valence-corrected chi connectivity index (χ4v) is 13.1. The first-order valence-electron chi connectivity index (χ1n) is 20.9. The van der Waals surface area contributed by atoms with Gasteiger partial charge in [-0.2, -0.15) is 0 Å². The van der Waals surface area contributed by atoms with Gasteiger partial charge in [0.25, 0.3) is 0 Å². The van der Waals surface area contributed by atoms with Gasteiger partial charge in [-0.3, -0.25) is 9.98 Å². The van der Waals surface area contributed by atoms with Gasteiger partial charge in [-0.1, -0.05) is 231 Å². The van der Waals surface area contributed by atoms with E-state index in [-0.39, 0.29) is 0 Å². The molecule has 0 aliphatic rings. The highest BCUT2D eigenvalue weighted by Gasteiger charge is 2.22. The zero-order valence-electron chi connectivity index (χ0n) is 34.0. The Balaban J connectivity index is 1.13. The molecule has 0 fully saturated rings. The molecule has 0 saturated carbocycles. The minimum absolute atomic E-state index is 0.830. The Labute approximate surface area is 366 Å². The van der Waals surface area contributed by atoms with Gasteiger partial charge in [0.05, 0.1) is 11.4 Å². The molecular formula is C58H42N2P2. The normalized spacial score (nSPS) is 11.7. The number of aliphatic imine (C=N–C) groups is 2. The number of hydrogen-bond donors (Lipinski definition) is 0. The van der Waals surface area contributed by atoms with Crippen molar-refractivity contribution in [1.82, 2.24) is 0 Å². The van der Waals surface area contributed by atoms with Crippen LogP contribution in [0.15, 0.2) is 253 Å². The van der Waals surface area contributed by atoms with E-state index in [0.717, 1.165) is 55.2 Å². The molecule has 0 saturated heterocycles. The van der Waals surface area contributed by atoms with E-state index < -0.39 is 15.8 Å². The molecule has 0 amide bonds. The van der Waals surface area contributed by atoms with E-state index in [2.05, 4.69) is 255 Å². The SMILES string of the molecule is C(=Nc1ccc2ccccc2c1-c1c(N=Cc2ccccc2P(c2ccccc2)c2ccccc2)ccc2ccccc12)c1ccccc1P(c1ccccc1)c1ccccc1. The van der Waals surface area contributed by atoms with Gasteiger partial charge in [-0.25, -0.2) is 0 Å². The summed E-state index contributed by atoms with van der Waals surface area (Å²) < 4.78 is 0. The van der Waals surface area contributed by atoms with Crippen molar-refractivity contribution < 1.29 is 0 Å². The molecule has 294 valence electrons. The summed E-state index contributed by atoms with van der Waals surface area (Å²) in [5.41, 5.74) is 6.13. The molecule has 0 unspecified atom stereocenters. The van der Waals surface area contributed by atoms with E-state index in [9.17, 15) is 0 Å². The monoisotopic (exact) mass is 828 g/mol. The van der Waals surface area contributed by atoms with Gasteiger partial charge in [0, 0.05) is 34.7 Å². The smallest absolute Gasteiger partial charge is 0.0715 e. The summed E-state index contributed by atoms with van der Waals surface area (Å²) in [6.45, 7) is 0. The minimum atomic E-state index is -0.830. The van der Waals surface area contributed by atoms with Crippen LogP contribution >= 0.6 is 15.8 Å². The van der Waals surface area contributed by atoms with Crippen LogP contribution in [0.4, 0.5) is 11.4 Å². The number of benzene rings is 10. The molecule has 0 bridgehead atoms. The van der Waals surface area contributed by atoms with Gasteiger partial charge in [-0.05, 0) is 81.3 Å². The van der Waals surface area contributed by atoms with E-state index >= 15 is 0 Å². The fraction of sp³-hybridized carbons (Fsp3) is 0. The minimum Gasteiger partial charge on any atom is -0.256 e. The Morgan fingerprint density at radius 2 is 0.581 bits per heavy atom. The maximum Gasteiger partial charge on any atom is 0.0715 e. The second-order valence-corrected chi connectivity index (χ2v) is 19.4. The first-order chi connectivity index (χ1) is 30.8. The van der Waals surface area contributed by atoms with Gasteiger partial charge in [0.2, 0.25) is 0 Å². The first-order valence-corrected chi connectivity index (χ1v) is 23.6. The summed E-state index contributed by atoms with van der Waals surface area (Å²) in [7, 11) is -1.66. The quantitative estimate of drug-likeness (QED) is 0.0917. The molecule has 4 heteroatoms. The largest absolute Gasteiger partial charge is 0.256 e. The van der Waals surface area contributed by atoms with Gasteiger partial charge in [0.1, 0.15) is 0 Å². The molecule has 62 heavy (non-hydrogen) atoms. The number of nitrogens with zero attached hydrogens (tertiary/aromatic N) is 2. The third-order valence-corrected chi connectivity index (χ3v) is 16.2. The lowest BCUT2D eigenvalue weighted by Gasteiger charge is -2.21. The highest BCUT2D eigenvalue weighted by atomic mass is 31.1.